The molecular formula is C17H24ClN3O. The molecule has 0 aliphatic carbocycles. The Bertz CT molecular complexity index is 555. The number of halogens is 1. The zero-order valence-electron chi connectivity index (χ0n) is 13.3. The molecule has 1 atom stereocenters. The number of carbonyl (C=O) groups is 1. The van der Waals surface area contributed by atoms with E-state index in [1.165, 1.54) is 5.69 Å². The Hall–Kier alpha value is -1.26. The summed E-state index contributed by atoms with van der Waals surface area (Å²) in [6.45, 7) is 4.94. The molecular weight excluding hydrogens is 298 g/mol. The molecule has 2 aliphatic heterocycles. The Morgan fingerprint density at radius 3 is 2.55 bits per heavy atom. The van der Waals surface area contributed by atoms with Crippen molar-refractivity contribution in [1.82, 2.24) is 10.2 Å². The summed E-state index contributed by atoms with van der Waals surface area (Å²) < 4.78 is 0. The lowest BCUT2D eigenvalue weighted by molar-refractivity contribution is -0.126. The van der Waals surface area contributed by atoms with Crippen molar-refractivity contribution in [2.45, 2.75) is 38.3 Å². The normalized spacial score (nSPS) is 23.4. The van der Waals surface area contributed by atoms with Gasteiger partial charge in [-0.1, -0.05) is 17.7 Å². The molecule has 1 aromatic rings. The molecule has 3 rings (SSSR count). The molecule has 22 heavy (non-hydrogen) atoms. The van der Waals surface area contributed by atoms with Crippen LogP contribution in [-0.2, 0) is 4.79 Å². The number of amides is 1. The Balaban J connectivity index is 1.52. The second-order valence-corrected chi connectivity index (χ2v) is 6.94. The third-order valence-corrected chi connectivity index (χ3v) is 5.24. The van der Waals surface area contributed by atoms with Crippen LogP contribution in [0.25, 0.3) is 0 Å². The van der Waals surface area contributed by atoms with Crippen LogP contribution in [0.3, 0.4) is 0 Å². The molecule has 1 aromatic carbocycles. The number of rotatable bonds is 3. The molecule has 2 fully saturated rings. The molecule has 120 valence electrons. The molecule has 1 unspecified atom stereocenters. The van der Waals surface area contributed by atoms with Crippen molar-refractivity contribution in [3.05, 3.63) is 28.8 Å². The topological polar surface area (TPSA) is 35.6 Å². The number of piperidine rings is 1. The van der Waals surface area contributed by atoms with Crippen LogP contribution in [0.5, 0.6) is 0 Å². The van der Waals surface area contributed by atoms with Gasteiger partial charge in [0.25, 0.3) is 0 Å². The molecule has 0 radical (unpaired) electrons. The average Bonchev–Trinajstić information content (AvgIpc) is 2.81. The van der Waals surface area contributed by atoms with Crippen LogP contribution in [-0.4, -0.2) is 49.6 Å². The number of carbonyl (C=O) groups excluding carboxylic acids is 1. The number of hydrogen-bond acceptors (Lipinski definition) is 3. The lowest BCUT2D eigenvalue weighted by Crippen LogP contribution is -2.47. The smallest absolute Gasteiger partial charge is 0.224 e. The van der Waals surface area contributed by atoms with Crippen molar-refractivity contribution < 1.29 is 4.79 Å². The van der Waals surface area contributed by atoms with E-state index in [-0.39, 0.29) is 5.91 Å². The van der Waals surface area contributed by atoms with Crippen molar-refractivity contribution >= 4 is 23.2 Å². The lowest BCUT2D eigenvalue weighted by Gasteiger charge is -2.35. The van der Waals surface area contributed by atoms with Gasteiger partial charge in [-0.3, -0.25) is 4.79 Å². The maximum absolute atomic E-state index is 11.6. The summed E-state index contributed by atoms with van der Waals surface area (Å²) in [5, 5.41) is 4.49. The highest BCUT2D eigenvalue weighted by Crippen LogP contribution is 2.26. The first kappa shape index (κ1) is 15.6. The van der Waals surface area contributed by atoms with E-state index in [0.717, 1.165) is 43.1 Å². The predicted molar refractivity (Wildman–Crippen MR) is 90.6 cm³/mol. The van der Waals surface area contributed by atoms with E-state index in [1.807, 2.05) is 18.9 Å². The highest BCUT2D eigenvalue weighted by atomic mass is 35.5. The molecule has 4 nitrogen and oxygen atoms in total. The quantitative estimate of drug-likeness (QED) is 0.929. The molecule has 0 aromatic heterocycles. The third kappa shape index (κ3) is 3.39. The summed E-state index contributed by atoms with van der Waals surface area (Å²) in [7, 11) is 1.88. The second kappa shape index (κ2) is 6.47. The third-order valence-electron chi connectivity index (χ3n) is 4.83. The van der Waals surface area contributed by atoms with Crippen LogP contribution in [0.4, 0.5) is 5.69 Å². The van der Waals surface area contributed by atoms with Crippen LogP contribution >= 0.6 is 11.6 Å². The van der Waals surface area contributed by atoms with Gasteiger partial charge in [0.1, 0.15) is 0 Å². The fourth-order valence-electron chi connectivity index (χ4n) is 3.39. The van der Waals surface area contributed by atoms with Gasteiger partial charge in [0, 0.05) is 55.9 Å². The van der Waals surface area contributed by atoms with E-state index in [1.54, 1.807) is 0 Å². The Kier molecular flexibility index (Phi) is 4.59. The first-order valence-corrected chi connectivity index (χ1v) is 8.42. The SMILES string of the molecule is Cc1ccc(N2CCC(NC3CC(=O)N(C)C3)CC2)cc1Cl. The number of nitrogens with one attached hydrogen (secondary N) is 1. The van der Waals surface area contributed by atoms with Gasteiger partial charge in [0.05, 0.1) is 0 Å². The molecule has 2 aliphatic rings. The van der Waals surface area contributed by atoms with Crippen LogP contribution in [0.2, 0.25) is 5.02 Å². The van der Waals surface area contributed by atoms with Gasteiger partial charge in [-0.05, 0) is 37.5 Å². The van der Waals surface area contributed by atoms with E-state index < -0.39 is 0 Å². The first-order chi connectivity index (χ1) is 10.5. The van der Waals surface area contributed by atoms with Gasteiger partial charge in [-0.15, -0.1) is 0 Å². The maximum atomic E-state index is 11.6. The summed E-state index contributed by atoms with van der Waals surface area (Å²) in [4.78, 5) is 15.8. The first-order valence-electron chi connectivity index (χ1n) is 8.04. The Morgan fingerprint density at radius 1 is 1.23 bits per heavy atom. The van der Waals surface area contributed by atoms with E-state index in [2.05, 4.69) is 28.4 Å². The Morgan fingerprint density at radius 2 is 1.95 bits per heavy atom. The van der Waals surface area contributed by atoms with Crippen molar-refractivity contribution in [3.63, 3.8) is 0 Å². The van der Waals surface area contributed by atoms with Crippen LogP contribution in [0, 0.1) is 6.92 Å². The average molecular weight is 322 g/mol. The maximum Gasteiger partial charge on any atom is 0.224 e. The van der Waals surface area contributed by atoms with Crippen LogP contribution in [0.15, 0.2) is 18.2 Å². The summed E-state index contributed by atoms with van der Waals surface area (Å²) in [6, 6.07) is 7.14. The van der Waals surface area contributed by atoms with Crippen LogP contribution in [0.1, 0.15) is 24.8 Å². The van der Waals surface area contributed by atoms with E-state index in [4.69, 9.17) is 11.6 Å². The summed E-state index contributed by atoms with van der Waals surface area (Å²) in [5.41, 5.74) is 2.34. The number of likely N-dealkylation sites (tertiary alicyclic amines) is 1. The van der Waals surface area contributed by atoms with E-state index in [0.29, 0.717) is 18.5 Å². The molecule has 0 spiro atoms. The molecule has 2 heterocycles. The fraction of sp³-hybridized carbons (Fsp3) is 0.588. The number of likely N-dealkylation sites (N-methyl/N-ethyl adjacent to an activating group) is 1. The van der Waals surface area contributed by atoms with Gasteiger partial charge in [0.2, 0.25) is 5.91 Å². The van der Waals surface area contributed by atoms with Crippen molar-refractivity contribution in [2.24, 2.45) is 0 Å². The number of benzene rings is 1. The second-order valence-electron chi connectivity index (χ2n) is 6.54. The molecule has 5 heteroatoms. The largest absolute Gasteiger partial charge is 0.371 e. The zero-order chi connectivity index (χ0) is 15.7. The van der Waals surface area contributed by atoms with Crippen molar-refractivity contribution in [3.8, 4) is 0 Å². The molecule has 1 N–H and O–H groups in total. The highest BCUT2D eigenvalue weighted by molar-refractivity contribution is 6.31. The van der Waals surface area contributed by atoms with Crippen molar-refractivity contribution in [2.75, 3.05) is 31.6 Å². The standard InChI is InChI=1S/C17H24ClN3O/c1-12-3-4-15(10-16(12)18)21-7-5-13(6-8-21)19-14-9-17(22)20(2)11-14/h3-4,10,13-14,19H,5-9,11H2,1-2H3. The molecule has 0 bridgehead atoms. The molecule has 2 saturated heterocycles. The predicted octanol–water partition coefficient (Wildman–Crippen LogP) is 2.44. The number of hydrogen-bond donors (Lipinski definition) is 1. The van der Waals surface area contributed by atoms with Gasteiger partial charge in [-0.25, -0.2) is 0 Å². The molecule has 0 saturated carbocycles. The summed E-state index contributed by atoms with van der Waals surface area (Å²) in [5.74, 6) is 0.254. The summed E-state index contributed by atoms with van der Waals surface area (Å²) >= 11 is 6.23. The van der Waals surface area contributed by atoms with Gasteiger partial charge in [-0.2, -0.15) is 0 Å². The van der Waals surface area contributed by atoms with E-state index >= 15 is 0 Å². The monoisotopic (exact) mass is 321 g/mol. The minimum atomic E-state index is 0.254. The minimum Gasteiger partial charge on any atom is -0.371 e. The summed E-state index contributed by atoms with van der Waals surface area (Å²) in [6.07, 6.45) is 2.87. The number of anilines is 1. The fourth-order valence-corrected chi connectivity index (χ4v) is 3.57. The highest BCUT2D eigenvalue weighted by Gasteiger charge is 2.29. The number of nitrogens with zero attached hydrogens (tertiary/aromatic N) is 2. The van der Waals surface area contributed by atoms with Crippen molar-refractivity contribution in [1.29, 1.82) is 0 Å². The van der Waals surface area contributed by atoms with E-state index in [9.17, 15) is 4.79 Å². The lowest BCUT2D eigenvalue weighted by atomic mass is 10.0. The number of aryl methyl sites for hydroxylation is 1. The molecule has 1 amide bonds. The van der Waals surface area contributed by atoms with Gasteiger partial charge < -0.3 is 15.1 Å². The van der Waals surface area contributed by atoms with Gasteiger partial charge in [0.15, 0.2) is 0 Å². The Labute approximate surface area is 137 Å². The minimum absolute atomic E-state index is 0.254. The zero-order valence-corrected chi connectivity index (χ0v) is 14.1. The van der Waals surface area contributed by atoms with Gasteiger partial charge >= 0.3 is 0 Å². The van der Waals surface area contributed by atoms with Crippen LogP contribution < -0.4 is 10.2 Å².